The SMILES string of the molecule is CC1CCN(C(=O)N[C@H](C)CN)CC1. The van der Waals surface area contributed by atoms with Crippen molar-refractivity contribution in [3.63, 3.8) is 0 Å². The molecule has 4 nitrogen and oxygen atoms in total. The number of carbonyl (C=O) groups is 1. The molecule has 0 unspecified atom stereocenters. The molecule has 1 rings (SSSR count). The van der Waals surface area contributed by atoms with E-state index in [1.165, 1.54) is 0 Å². The first-order valence-corrected chi connectivity index (χ1v) is 5.39. The number of likely N-dealkylation sites (tertiary alicyclic amines) is 1. The quantitative estimate of drug-likeness (QED) is 0.690. The number of nitrogens with zero attached hydrogens (tertiary/aromatic N) is 1. The molecule has 0 aromatic rings. The van der Waals surface area contributed by atoms with Crippen molar-refractivity contribution in [2.24, 2.45) is 11.7 Å². The van der Waals surface area contributed by atoms with Gasteiger partial charge in [0.1, 0.15) is 0 Å². The van der Waals surface area contributed by atoms with Crippen LogP contribution in [0.5, 0.6) is 0 Å². The molecule has 1 fully saturated rings. The van der Waals surface area contributed by atoms with E-state index < -0.39 is 0 Å². The van der Waals surface area contributed by atoms with E-state index in [0.717, 1.165) is 31.8 Å². The van der Waals surface area contributed by atoms with Crippen molar-refractivity contribution in [1.29, 1.82) is 0 Å². The van der Waals surface area contributed by atoms with Gasteiger partial charge in [-0.05, 0) is 25.7 Å². The van der Waals surface area contributed by atoms with Crippen molar-refractivity contribution in [1.82, 2.24) is 10.2 Å². The van der Waals surface area contributed by atoms with Gasteiger partial charge < -0.3 is 16.0 Å². The fraction of sp³-hybridized carbons (Fsp3) is 0.900. The molecule has 0 bridgehead atoms. The lowest BCUT2D eigenvalue weighted by Crippen LogP contribution is -2.48. The average Bonchev–Trinajstić information content (AvgIpc) is 2.18. The highest BCUT2D eigenvalue weighted by Crippen LogP contribution is 2.15. The van der Waals surface area contributed by atoms with Gasteiger partial charge in [0, 0.05) is 25.7 Å². The zero-order valence-corrected chi connectivity index (χ0v) is 9.12. The molecule has 1 aliphatic rings. The van der Waals surface area contributed by atoms with Gasteiger partial charge in [-0.15, -0.1) is 0 Å². The van der Waals surface area contributed by atoms with Crippen LogP contribution in [0, 0.1) is 5.92 Å². The summed E-state index contributed by atoms with van der Waals surface area (Å²) < 4.78 is 0. The lowest BCUT2D eigenvalue weighted by molar-refractivity contribution is 0.171. The van der Waals surface area contributed by atoms with Crippen molar-refractivity contribution < 1.29 is 4.79 Å². The molecule has 0 aromatic carbocycles. The molecule has 1 heterocycles. The minimum atomic E-state index is 0.0369. The molecule has 14 heavy (non-hydrogen) atoms. The zero-order chi connectivity index (χ0) is 10.6. The van der Waals surface area contributed by atoms with Gasteiger partial charge in [-0.3, -0.25) is 0 Å². The Morgan fingerprint density at radius 3 is 2.64 bits per heavy atom. The number of rotatable bonds is 2. The standard InChI is InChI=1S/C10H21N3O/c1-8-3-5-13(6-4-8)10(14)12-9(2)7-11/h8-9H,3-7,11H2,1-2H3,(H,12,14)/t9-/m1/s1. The summed E-state index contributed by atoms with van der Waals surface area (Å²) in [5.74, 6) is 0.756. The number of urea groups is 1. The highest BCUT2D eigenvalue weighted by molar-refractivity contribution is 5.74. The summed E-state index contributed by atoms with van der Waals surface area (Å²) in [6.45, 7) is 6.41. The molecule has 4 heteroatoms. The average molecular weight is 199 g/mol. The number of hydrogen-bond acceptors (Lipinski definition) is 2. The van der Waals surface area contributed by atoms with Crippen LogP contribution in [0.1, 0.15) is 26.7 Å². The van der Waals surface area contributed by atoms with Gasteiger partial charge in [-0.2, -0.15) is 0 Å². The molecule has 3 N–H and O–H groups in total. The predicted octanol–water partition coefficient (Wildman–Crippen LogP) is 0.775. The predicted molar refractivity (Wildman–Crippen MR) is 57.0 cm³/mol. The molecule has 1 aliphatic heterocycles. The minimum absolute atomic E-state index is 0.0369. The highest BCUT2D eigenvalue weighted by Gasteiger charge is 2.20. The summed E-state index contributed by atoms with van der Waals surface area (Å²) in [6.07, 6.45) is 2.23. The van der Waals surface area contributed by atoms with E-state index in [0.29, 0.717) is 6.54 Å². The fourth-order valence-corrected chi connectivity index (χ4v) is 1.57. The van der Waals surface area contributed by atoms with E-state index in [1.807, 2.05) is 11.8 Å². The molecule has 2 amide bonds. The van der Waals surface area contributed by atoms with Gasteiger partial charge in [0.25, 0.3) is 0 Å². The number of nitrogens with two attached hydrogens (primary N) is 1. The molecule has 0 aromatic heterocycles. The topological polar surface area (TPSA) is 58.4 Å². The summed E-state index contributed by atoms with van der Waals surface area (Å²) in [5.41, 5.74) is 5.44. The first-order chi connectivity index (χ1) is 6.63. The summed E-state index contributed by atoms with van der Waals surface area (Å²) in [7, 11) is 0. The van der Waals surface area contributed by atoms with Crippen molar-refractivity contribution in [2.75, 3.05) is 19.6 Å². The second-order valence-electron chi connectivity index (χ2n) is 4.26. The Hall–Kier alpha value is -0.770. The Kier molecular flexibility index (Phi) is 4.20. The van der Waals surface area contributed by atoms with Crippen LogP contribution >= 0.6 is 0 Å². The third kappa shape index (κ3) is 3.18. The highest BCUT2D eigenvalue weighted by atomic mass is 16.2. The molecule has 0 aliphatic carbocycles. The summed E-state index contributed by atoms with van der Waals surface area (Å²) in [5, 5.41) is 2.88. The molecular weight excluding hydrogens is 178 g/mol. The molecule has 1 atom stereocenters. The van der Waals surface area contributed by atoms with Gasteiger partial charge in [-0.1, -0.05) is 6.92 Å². The van der Waals surface area contributed by atoms with Crippen molar-refractivity contribution >= 4 is 6.03 Å². The first kappa shape index (κ1) is 11.3. The van der Waals surface area contributed by atoms with Gasteiger partial charge in [0.15, 0.2) is 0 Å². The van der Waals surface area contributed by atoms with Gasteiger partial charge >= 0.3 is 6.03 Å². The van der Waals surface area contributed by atoms with Crippen LogP contribution in [0.15, 0.2) is 0 Å². The lowest BCUT2D eigenvalue weighted by atomic mass is 10.00. The monoisotopic (exact) mass is 199 g/mol. The van der Waals surface area contributed by atoms with E-state index in [2.05, 4.69) is 12.2 Å². The van der Waals surface area contributed by atoms with Crippen LogP contribution in [0.25, 0.3) is 0 Å². The van der Waals surface area contributed by atoms with Gasteiger partial charge in [0.2, 0.25) is 0 Å². The maximum atomic E-state index is 11.6. The number of carbonyl (C=O) groups excluding carboxylic acids is 1. The Morgan fingerprint density at radius 2 is 2.14 bits per heavy atom. The zero-order valence-electron chi connectivity index (χ0n) is 9.12. The van der Waals surface area contributed by atoms with Crippen molar-refractivity contribution in [3.8, 4) is 0 Å². The van der Waals surface area contributed by atoms with E-state index in [9.17, 15) is 4.79 Å². The second kappa shape index (κ2) is 5.20. The third-order valence-electron chi connectivity index (χ3n) is 2.79. The van der Waals surface area contributed by atoms with E-state index in [-0.39, 0.29) is 12.1 Å². The lowest BCUT2D eigenvalue weighted by Gasteiger charge is -2.31. The van der Waals surface area contributed by atoms with Gasteiger partial charge in [0.05, 0.1) is 0 Å². The Bertz CT molecular complexity index is 188. The first-order valence-electron chi connectivity index (χ1n) is 5.39. The number of hydrogen-bond donors (Lipinski definition) is 2. The molecule has 0 spiro atoms. The third-order valence-corrected chi connectivity index (χ3v) is 2.79. The van der Waals surface area contributed by atoms with Crippen molar-refractivity contribution in [3.05, 3.63) is 0 Å². The summed E-state index contributed by atoms with van der Waals surface area (Å²) >= 11 is 0. The van der Waals surface area contributed by atoms with Crippen molar-refractivity contribution in [2.45, 2.75) is 32.7 Å². The van der Waals surface area contributed by atoms with E-state index >= 15 is 0 Å². The second-order valence-corrected chi connectivity index (χ2v) is 4.26. The van der Waals surface area contributed by atoms with E-state index in [4.69, 9.17) is 5.73 Å². The number of nitrogens with one attached hydrogen (secondary N) is 1. The normalized spacial score (nSPS) is 20.6. The summed E-state index contributed by atoms with van der Waals surface area (Å²) in [6, 6.07) is 0.108. The molecule has 1 saturated heterocycles. The maximum Gasteiger partial charge on any atom is 0.317 e. The smallest absolute Gasteiger partial charge is 0.317 e. The summed E-state index contributed by atoms with van der Waals surface area (Å²) in [4.78, 5) is 13.5. The number of amides is 2. The maximum absolute atomic E-state index is 11.6. The van der Waals surface area contributed by atoms with Crippen LogP contribution in [0.4, 0.5) is 4.79 Å². The van der Waals surface area contributed by atoms with Crippen LogP contribution in [0.2, 0.25) is 0 Å². The Balaban J connectivity index is 2.30. The van der Waals surface area contributed by atoms with Gasteiger partial charge in [-0.25, -0.2) is 4.79 Å². The van der Waals surface area contributed by atoms with E-state index in [1.54, 1.807) is 0 Å². The fourth-order valence-electron chi connectivity index (χ4n) is 1.57. The Morgan fingerprint density at radius 1 is 1.57 bits per heavy atom. The number of piperidine rings is 1. The van der Waals surface area contributed by atoms with Crippen LogP contribution in [-0.4, -0.2) is 36.6 Å². The van der Waals surface area contributed by atoms with Crippen LogP contribution in [0.3, 0.4) is 0 Å². The molecule has 82 valence electrons. The van der Waals surface area contributed by atoms with Crippen LogP contribution < -0.4 is 11.1 Å². The molecule has 0 radical (unpaired) electrons. The largest absolute Gasteiger partial charge is 0.334 e. The minimum Gasteiger partial charge on any atom is -0.334 e. The molecular formula is C10H21N3O. The molecule has 0 saturated carbocycles. The van der Waals surface area contributed by atoms with Crippen LogP contribution in [-0.2, 0) is 0 Å². The Labute approximate surface area is 85.8 Å².